The maximum absolute atomic E-state index is 14.0. The predicted molar refractivity (Wildman–Crippen MR) is 106 cm³/mol. The molecule has 2 aromatic rings. The summed E-state index contributed by atoms with van der Waals surface area (Å²) in [6, 6.07) is 6.13. The summed E-state index contributed by atoms with van der Waals surface area (Å²) in [5.74, 6) is -0.277. The van der Waals surface area contributed by atoms with E-state index in [9.17, 15) is 14.0 Å². The first kappa shape index (κ1) is 19.1. The largest absolute Gasteiger partial charge is 0.350 e. The molecule has 1 aliphatic carbocycles. The van der Waals surface area contributed by atoms with Crippen molar-refractivity contribution in [2.75, 3.05) is 13.1 Å². The van der Waals surface area contributed by atoms with Crippen molar-refractivity contribution in [3.05, 3.63) is 51.7 Å². The Morgan fingerprint density at radius 1 is 1.21 bits per heavy atom. The highest BCUT2D eigenvalue weighted by molar-refractivity contribution is 7.09. The van der Waals surface area contributed by atoms with Crippen LogP contribution in [0.25, 0.3) is 0 Å². The number of halogens is 1. The third-order valence-corrected chi connectivity index (χ3v) is 6.71. The number of hydrogen-bond acceptors (Lipinski definition) is 4. The maximum atomic E-state index is 14.0. The molecule has 2 amide bonds. The Balaban J connectivity index is 1.37. The minimum Gasteiger partial charge on any atom is -0.350 e. The lowest BCUT2D eigenvalue weighted by Crippen LogP contribution is -2.39. The normalized spacial score (nSPS) is 19.9. The number of carbonyl (C=O) groups excluding carboxylic acids is 2. The first-order valence-corrected chi connectivity index (χ1v) is 10.8. The Labute approximate surface area is 168 Å². The van der Waals surface area contributed by atoms with E-state index in [1.807, 2.05) is 5.38 Å². The van der Waals surface area contributed by atoms with Crippen molar-refractivity contribution in [3.63, 3.8) is 0 Å². The van der Waals surface area contributed by atoms with Crippen molar-refractivity contribution < 1.29 is 14.0 Å². The van der Waals surface area contributed by atoms with Crippen LogP contribution in [0.2, 0.25) is 0 Å². The van der Waals surface area contributed by atoms with E-state index in [-0.39, 0.29) is 29.2 Å². The Morgan fingerprint density at radius 2 is 2.04 bits per heavy atom. The van der Waals surface area contributed by atoms with Crippen LogP contribution >= 0.6 is 11.3 Å². The molecule has 1 saturated heterocycles. The molecule has 1 saturated carbocycles. The molecule has 0 radical (unpaired) electrons. The average molecular weight is 402 g/mol. The number of thiazole rings is 1. The number of carbonyl (C=O) groups is 2. The average Bonchev–Trinajstić information content (AvgIpc) is 3.14. The fraction of sp³-hybridized carbons (Fsp3) is 0.476. The third-order valence-electron chi connectivity index (χ3n) is 5.65. The summed E-state index contributed by atoms with van der Waals surface area (Å²) in [5, 5.41) is 5.94. The fourth-order valence-electron chi connectivity index (χ4n) is 3.75. The monoisotopic (exact) mass is 401 g/mol. The molecule has 7 heteroatoms. The summed E-state index contributed by atoms with van der Waals surface area (Å²) in [6.07, 6.45) is 4.95. The van der Waals surface area contributed by atoms with Crippen LogP contribution in [0.1, 0.15) is 59.1 Å². The Morgan fingerprint density at radius 3 is 2.79 bits per heavy atom. The second-order valence-electron chi connectivity index (χ2n) is 7.59. The lowest BCUT2D eigenvalue weighted by Gasteiger charge is -2.32. The van der Waals surface area contributed by atoms with E-state index in [1.165, 1.54) is 12.1 Å². The molecule has 1 aromatic heterocycles. The second-order valence-corrected chi connectivity index (χ2v) is 8.48. The molecule has 1 aromatic carbocycles. The fourth-order valence-corrected chi connectivity index (χ4v) is 4.70. The van der Waals surface area contributed by atoms with Crippen LogP contribution in [0, 0.1) is 11.7 Å². The lowest BCUT2D eigenvalue weighted by atomic mass is 9.85. The molecular formula is C21H24FN3O2S. The number of nitrogens with zero attached hydrogens (tertiary/aromatic N) is 2. The molecule has 2 heterocycles. The molecule has 0 spiro atoms. The van der Waals surface area contributed by atoms with Gasteiger partial charge in [-0.3, -0.25) is 9.59 Å². The van der Waals surface area contributed by atoms with Gasteiger partial charge in [-0.25, -0.2) is 9.37 Å². The van der Waals surface area contributed by atoms with Crippen molar-refractivity contribution >= 4 is 23.2 Å². The van der Waals surface area contributed by atoms with Gasteiger partial charge in [0.15, 0.2) is 0 Å². The molecule has 148 valence electrons. The van der Waals surface area contributed by atoms with Crippen LogP contribution in [-0.4, -0.2) is 34.8 Å². The minimum absolute atomic E-state index is 0.125. The van der Waals surface area contributed by atoms with Crippen LogP contribution in [0.15, 0.2) is 29.6 Å². The number of piperidine rings is 1. The van der Waals surface area contributed by atoms with Crippen molar-refractivity contribution in [3.8, 4) is 0 Å². The standard InChI is InChI=1S/C21H24FN3O2S/c22-18-9-2-1-8-17(18)21(27)25-10-4-7-15(12-25)20-24-16(13-28-20)11-23-19(26)14-5-3-6-14/h1-2,8-9,13-15H,3-7,10-12H2,(H,23,26). The molecule has 1 atom stereocenters. The molecular weight excluding hydrogens is 377 g/mol. The summed E-state index contributed by atoms with van der Waals surface area (Å²) in [4.78, 5) is 31.1. The summed E-state index contributed by atoms with van der Waals surface area (Å²) < 4.78 is 14.0. The van der Waals surface area contributed by atoms with Gasteiger partial charge in [0.2, 0.25) is 5.91 Å². The van der Waals surface area contributed by atoms with Crippen molar-refractivity contribution in [2.45, 2.75) is 44.6 Å². The van der Waals surface area contributed by atoms with E-state index >= 15 is 0 Å². The molecule has 28 heavy (non-hydrogen) atoms. The van der Waals surface area contributed by atoms with Gasteiger partial charge in [-0.2, -0.15) is 0 Å². The number of amides is 2. The van der Waals surface area contributed by atoms with Crippen LogP contribution in [0.5, 0.6) is 0 Å². The zero-order valence-electron chi connectivity index (χ0n) is 15.7. The molecule has 0 bridgehead atoms. The van der Waals surface area contributed by atoms with Gasteiger partial charge < -0.3 is 10.2 Å². The Bertz CT molecular complexity index is 865. The highest BCUT2D eigenvalue weighted by Gasteiger charge is 2.29. The van der Waals surface area contributed by atoms with E-state index < -0.39 is 5.82 Å². The number of aromatic nitrogens is 1. The summed E-state index contributed by atoms with van der Waals surface area (Å²) >= 11 is 1.57. The van der Waals surface area contributed by atoms with Gasteiger partial charge in [0.1, 0.15) is 5.82 Å². The second kappa shape index (κ2) is 8.39. The Kier molecular flexibility index (Phi) is 5.71. The van der Waals surface area contributed by atoms with E-state index in [1.54, 1.807) is 28.4 Å². The lowest BCUT2D eigenvalue weighted by molar-refractivity contribution is -0.127. The van der Waals surface area contributed by atoms with E-state index in [4.69, 9.17) is 0 Å². The SMILES string of the molecule is O=C(NCc1csc(C2CCCN(C(=O)c3ccccc3F)C2)n1)C1CCC1. The topological polar surface area (TPSA) is 62.3 Å². The van der Waals surface area contributed by atoms with E-state index in [0.717, 1.165) is 42.8 Å². The maximum Gasteiger partial charge on any atom is 0.256 e. The Hall–Kier alpha value is -2.28. The van der Waals surface area contributed by atoms with Gasteiger partial charge in [0, 0.05) is 30.3 Å². The predicted octanol–water partition coefficient (Wildman–Crippen LogP) is 3.72. The number of hydrogen-bond donors (Lipinski definition) is 1. The van der Waals surface area contributed by atoms with Crippen LogP contribution in [-0.2, 0) is 11.3 Å². The van der Waals surface area contributed by atoms with Crippen molar-refractivity contribution in [1.29, 1.82) is 0 Å². The molecule has 2 aliphatic rings. The molecule has 1 N–H and O–H groups in total. The number of nitrogens with one attached hydrogen (secondary N) is 1. The number of rotatable bonds is 5. The summed E-state index contributed by atoms with van der Waals surface area (Å²) in [5.41, 5.74) is 0.993. The summed E-state index contributed by atoms with van der Waals surface area (Å²) in [6.45, 7) is 1.64. The van der Waals surface area contributed by atoms with Gasteiger partial charge >= 0.3 is 0 Å². The smallest absolute Gasteiger partial charge is 0.256 e. The highest BCUT2D eigenvalue weighted by Crippen LogP contribution is 2.30. The zero-order valence-corrected chi connectivity index (χ0v) is 16.5. The van der Waals surface area contributed by atoms with E-state index in [2.05, 4.69) is 10.3 Å². The molecule has 4 rings (SSSR count). The van der Waals surface area contributed by atoms with Crippen LogP contribution in [0.3, 0.4) is 0 Å². The first-order chi connectivity index (χ1) is 13.6. The zero-order chi connectivity index (χ0) is 19.5. The highest BCUT2D eigenvalue weighted by atomic mass is 32.1. The van der Waals surface area contributed by atoms with Crippen molar-refractivity contribution in [1.82, 2.24) is 15.2 Å². The molecule has 5 nitrogen and oxygen atoms in total. The number of benzene rings is 1. The molecule has 1 unspecified atom stereocenters. The van der Waals surface area contributed by atoms with Gasteiger partial charge in [-0.1, -0.05) is 18.6 Å². The van der Waals surface area contributed by atoms with Gasteiger partial charge in [-0.15, -0.1) is 11.3 Å². The van der Waals surface area contributed by atoms with Crippen LogP contribution in [0.4, 0.5) is 4.39 Å². The van der Waals surface area contributed by atoms with Gasteiger partial charge in [0.05, 0.1) is 22.8 Å². The quantitative estimate of drug-likeness (QED) is 0.831. The molecule has 1 aliphatic heterocycles. The first-order valence-electron chi connectivity index (χ1n) is 9.87. The minimum atomic E-state index is -0.478. The van der Waals surface area contributed by atoms with Crippen molar-refractivity contribution in [2.24, 2.45) is 5.92 Å². The van der Waals surface area contributed by atoms with E-state index in [0.29, 0.717) is 19.6 Å². The molecule has 2 fully saturated rings. The van der Waals surface area contributed by atoms with Gasteiger partial charge in [0.25, 0.3) is 5.91 Å². The summed E-state index contributed by atoms with van der Waals surface area (Å²) in [7, 11) is 0. The number of likely N-dealkylation sites (tertiary alicyclic amines) is 1. The van der Waals surface area contributed by atoms with Crippen LogP contribution < -0.4 is 5.32 Å². The van der Waals surface area contributed by atoms with Gasteiger partial charge in [-0.05, 0) is 37.8 Å². The third kappa shape index (κ3) is 4.09.